The second-order valence-electron chi connectivity index (χ2n) is 4.47. The number of esters is 1. The van der Waals surface area contributed by atoms with E-state index in [1.54, 1.807) is 11.8 Å². The van der Waals surface area contributed by atoms with Gasteiger partial charge in [0.15, 0.2) is 0 Å². The van der Waals surface area contributed by atoms with Gasteiger partial charge in [-0.2, -0.15) is 0 Å². The monoisotopic (exact) mass is 295 g/mol. The maximum Gasteiger partial charge on any atom is 0.325 e. The van der Waals surface area contributed by atoms with Crippen molar-refractivity contribution in [2.75, 3.05) is 26.0 Å². The predicted octanol–water partition coefficient (Wildman–Crippen LogP) is 2.25. The fraction of sp³-hybridized carbons (Fsp3) is 0.467. The van der Waals surface area contributed by atoms with E-state index in [9.17, 15) is 9.59 Å². The molecule has 0 atom stereocenters. The lowest BCUT2D eigenvalue weighted by molar-refractivity contribution is -0.146. The highest BCUT2D eigenvalue weighted by molar-refractivity contribution is 7.99. The number of hydrogen-bond donors (Lipinski definition) is 0. The van der Waals surface area contributed by atoms with E-state index >= 15 is 0 Å². The third-order valence-electron chi connectivity index (χ3n) is 2.86. The molecule has 0 aliphatic rings. The van der Waals surface area contributed by atoms with E-state index in [2.05, 4.69) is 29.9 Å². The van der Waals surface area contributed by atoms with Crippen molar-refractivity contribution in [3.63, 3.8) is 0 Å². The third-order valence-corrected chi connectivity index (χ3v) is 3.85. The van der Waals surface area contributed by atoms with Crippen LogP contribution in [0.25, 0.3) is 0 Å². The molecule has 0 heterocycles. The zero-order chi connectivity index (χ0) is 15.0. The Kier molecular flexibility index (Phi) is 7.15. The van der Waals surface area contributed by atoms with Crippen molar-refractivity contribution in [2.24, 2.45) is 0 Å². The molecule has 20 heavy (non-hydrogen) atoms. The number of thioether (sulfide) groups is 1. The Morgan fingerprint density at radius 1 is 1.35 bits per heavy atom. The van der Waals surface area contributed by atoms with Gasteiger partial charge in [-0.3, -0.25) is 9.59 Å². The van der Waals surface area contributed by atoms with Crippen LogP contribution in [-0.2, 0) is 20.1 Å². The van der Waals surface area contributed by atoms with Crippen LogP contribution < -0.4 is 0 Å². The predicted molar refractivity (Wildman–Crippen MR) is 81.6 cm³/mol. The molecule has 1 aromatic rings. The molecule has 1 amide bonds. The molecule has 5 heteroatoms. The minimum Gasteiger partial charge on any atom is -0.468 e. The maximum absolute atomic E-state index is 12.0. The Balaban J connectivity index is 2.39. The molecule has 0 aliphatic heterocycles. The normalized spacial score (nSPS) is 10.2. The molecule has 0 radical (unpaired) electrons. The van der Waals surface area contributed by atoms with Gasteiger partial charge >= 0.3 is 5.97 Å². The molecular formula is C15H21NO3S. The molecule has 0 aromatic heterocycles. The average Bonchev–Trinajstić information content (AvgIpc) is 2.44. The number of benzene rings is 1. The topological polar surface area (TPSA) is 46.6 Å². The largest absolute Gasteiger partial charge is 0.468 e. The Hall–Kier alpha value is -1.49. The van der Waals surface area contributed by atoms with Gasteiger partial charge in [0.1, 0.15) is 6.54 Å². The fourth-order valence-corrected chi connectivity index (χ4v) is 2.62. The zero-order valence-electron chi connectivity index (χ0n) is 12.2. The molecule has 0 unspecified atom stereocenters. The van der Waals surface area contributed by atoms with Crippen LogP contribution in [-0.4, -0.2) is 42.7 Å². The summed E-state index contributed by atoms with van der Waals surface area (Å²) in [5.41, 5.74) is 2.43. The lowest BCUT2D eigenvalue weighted by atomic mass is 10.2. The van der Waals surface area contributed by atoms with Crippen molar-refractivity contribution in [3.8, 4) is 0 Å². The number of ether oxygens (including phenoxy) is 1. The molecule has 1 aromatic carbocycles. The van der Waals surface area contributed by atoms with Crippen LogP contribution in [0.4, 0.5) is 0 Å². The maximum atomic E-state index is 12.0. The first-order valence-corrected chi connectivity index (χ1v) is 7.70. The number of likely N-dealkylation sites (N-methyl/N-ethyl adjacent to an activating group) is 1. The van der Waals surface area contributed by atoms with E-state index in [1.807, 2.05) is 13.0 Å². The molecule has 0 saturated carbocycles. The van der Waals surface area contributed by atoms with Crippen molar-refractivity contribution in [1.29, 1.82) is 0 Å². The third kappa shape index (κ3) is 5.65. The summed E-state index contributed by atoms with van der Waals surface area (Å²) in [6.07, 6.45) is 0. The molecular weight excluding hydrogens is 274 g/mol. The molecule has 0 fully saturated rings. The van der Waals surface area contributed by atoms with Crippen LogP contribution in [0.2, 0.25) is 0 Å². The number of methoxy groups -OCH3 is 1. The quantitative estimate of drug-likeness (QED) is 0.724. The van der Waals surface area contributed by atoms with Crippen LogP contribution in [0.15, 0.2) is 24.3 Å². The summed E-state index contributed by atoms with van der Waals surface area (Å²) in [6, 6.07) is 8.23. The van der Waals surface area contributed by atoms with E-state index in [4.69, 9.17) is 0 Å². The lowest BCUT2D eigenvalue weighted by Crippen LogP contribution is -2.37. The summed E-state index contributed by atoms with van der Waals surface area (Å²) in [6.45, 7) is 4.44. The van der Waals surface area contributed by atoms with Crippen LogP contribution in [0.3, 0.4) is 0 Å². The minimum atomic E-state index is -0.385. The number of rotatable bonds is 7. The first-order chi connectivity index (χ1) is 9.56. The van der Waals surface area contributed by atoms with Gasteiger partial charge in [-0.05, 0) is 19.4 Å². The van der Waals surface area contributed by atoms with Crippen LogP contribution >= 0.6 is 11.8 Å². The van der Waals surface area contributed by atoms with Gasteiger partial charge in [0.2, 0.25) is 5.91 Å². The first kappa shape index (κ1) is 16.6. The summed E-state index contributed by atoms with van der Waals surface area (Å²) in [7, 11) is 1.33. The highest BCUT2D eigenvalue weighted by Crippen LogP contribution is 2.14. The number of aryl methyl sites for hydroxylation is 1. The number of nitrogens with zero attached hydrogens (tertiary/aromatic N) is 1. The van der Waals surface area contributed by atoms with Gasteiger partial charge in [0, 0.05) is 12.3 Å². The van der Waals surface area contributed by atoms with E-state index in [0.717, 1.165) is 5.75 Å². The van der Waals surface area contributed by atoms with Gasteiger partial charge in [0.05, 0.1) is 12.9 Å². The van der Waals surface area contributed by atoms with Crippen LogP contribution in [0.1, 0.15) is 18.1 Å². The molecule has 0 aliphatic carbocycles. The highest BCUT2D eigenvalue weighted by atomic mass is 32.2. The summed E-state index contributed by atoms with van der Waals surface area (Å²) < 4.78 is 4.58. The zero-order valence-corrected chi connectivity index (χ0v) is 13.0. The van der Waals surface area contributed by atoms with E-state index in [0.29, 0.717) is 12.3 Å². The number of carbonyl (C=O) groups is 2. The van der Waals surface area contributed by atoms with E-state index in [1.165, 1.54) is 23.1 Å². The summed E-state index contributed by atoms with van der Waals surface area (Å²) in [5.74, 6) is 0.751. The van der Waals surface area contributed by atoms with Gasteiger partial charge in [-0.1, -0.05) is 29.8 Å². The Morgan fingerprint density at radius 3 is 2.70 bits per heavy atom. The average molecular weight is 295 g/mol. The molecule has 0 bridgehead atoms. The Bertz CT molecular complexity index is 462. The Morgan fingerprint density at radius 2 is 2.10 bits per heavy atom. The van der Waals surface area contributed by atoms with Crippen molar-refractivity contribution >= 4 is 23.6 Å². The number of hydrogen-bond acceptors (Lipinski definition) is 4. The summed E-state index contributed by atoms with van der Waals surface area (Å²) in [4.78, 5) is 24.7. The van der Waals surface area contributed by atoms with E-state index < -0.39 is 0 Å². The van der Waals surface area contributed by atoms with E-state index in [-0.39, 0.29) is 18.4 Å². The highest BCUT2D eigenvalue weighted by Gasteiger charge is 2.15. The molecule has 4 nitrogen and oxygen atoms in total. The van der Waals surface area contributed by atoms with Crippen molar-refractivity contribution < 1.29 is 14.3 Å². The molecule has 0 N–H and O–H groups in total. The molecule has 0 saturated heterocycles. The standard InChI is InChI=1S/C15H21NO3S/c1-4-16(9-15(18)19-3)14(17)11-20-10-13-7-5-6-12(2)8-13/h5-8H,4,9-11H2,1-3H3. The number of amides is 1. The van der Waals surface area contributed by atoms with Gasteiger partial charge in [-0.15, -0.1) is 11.8 Å². The second-order valence-corrected chi connectivity index (χ2v) is 5.45. The SMILES string of the molecule is CCN(CC(=O)OC)C(=O)CSCc1cccc(C)c1. The van der Waals surface area contributed by atoms with Gasteiger partial charge in [-0.25, -0.2) is 0 Å². The van der Waals surface area contributed by atoms with Gasteiger partial charge in [0.25, 0.3) is 0 Å². The Labute approximate surface area is 124 Å². The van der Waals surface area contributed by atoms with Crippen LogP contribution in [0, 0.1) is 6.92 Å². The molecule has 110 valence electrons. The second kappa shape index (κ2) is 8.64. The summed E-state index contributed by atoms with van der Waals surface area (Å²) >= 11 is 1.56. The first-order valence-electron chi connectivity index (χ1n) is 6.54. The summed E-state index contributed by atoms with van der Waals surface area (Å²) in [5, 5.41) is 0. The molecule has 1 rings (SSSR count). The molecule has 0 spiro atoms. The minimum absolute atomic E-state index is 0.0246. The lowest BCUT2D eigenvalue weighted by Gasteiger charge is -2.19. The van der Waals surface area contributed by atoms with Crippen LogP contribution in [0.5, 0.6) is 0 Å². The van der Waals surface area contributed by atoms with Crippen molar-refractivity contribution in [1.82, 2.24) is 4.90 Å². The van der Waals surface area contributed by atoms with Crippen molar-refractivity contribution in [3.05, 3.63) is 35.4 Å². The number of carbonyl (C=O) groups excluding carboxylic acids is 2. The van der Waals surface area contributed by atoms with Gasteiger partial charge < -0.3 is 9.64 Å². The smallest absolute Gasteiger partial charge is 0.325 e. The fourth-order valence-electron chi connectivity index (χ4n) is 1.75. The van der Waals surface area contributed by atoms with Crippen molar-refractivity contribution in [2.45, 2.75) is 19.6 Å².